The van der Waals surface area contributed by atoms with Crippen molar-refractivity contribution in [1.82, 2.24) is 14.8 Å². The van der Waals surface area contributed by atoms with E-state index in [0.29, 0.717) is 40.4 Å². The van der Waals surface area contributed by atoms with E-state index < -0.39 is 11.9 Å². The number of carbonyl (C=O) groups is 1. The van der Waals surface area contributed by atoms with Crippen LogP contribution in [0.1, 0.15) is 33.1 Å². The van der Waals surface area contributed by atoms with Gasteiger partial charge in [-0.2, -0.15) is 18.3 Å². The van der Waals surface area contributed by atoms with Gasteiger partial charge in [0.05, 0.1) is 28.8 Å². The molecule has 0 fully saturated rings. The predicted octanol–water partition coefficient (Wildman–Crippen LogP) is 6.36. The molecule has 0 bridgehead atoms. The van der Waals surface area contributed by atoms with Crippen LogP contribution in [0.5, 0.6) is 0 Å². The van der Waals surface area contributed by atoms with Crippen molar-refractivity contribution >= 4 is 22.5 Å². The van der Waals surface area contributed by atoms with Crippen LogP contribution in [0, 0.1) is 6.92 Å². The molecule has 0 aliphatic heterocycles. The Morgan fingerprint density at radius 2 is 1.83 bits per heavy atom. The van der Waals surface area contributed by atoms with Crippen LogP contribution in [-0.4, -0.2) is 20.7 Å². The summed E-state index contributed by atoms with van der Waals surface area (Å²) in [6.07, 6.45) is -2.54. The van der Waals surface area contributed by atoms with Crippen LogP contribution in [0.25, 0.3) is 27.8 Å². The molecular formula is C27H19F3N4O2. The Kier molecular flexibility index (Phi) is 4.96. The number of pyridine rings is 1. The van der Waals surface area contributed by atoms with E-state index >= 15 is 0 Å². The molecule has 36 heavy (non-hydrogen) atoms. The molecule has 2 aromatic carbocycles. The Balaban J connectivity index is 1.36. The topological polar surface area (TPSA) is 73.0 Å². The number of anilines is 1. The number of hydrogen-bond donors (Lipinski definition) is 1. The van der Waals surface area contributed by atoms with Gasteiger partial charge in [-0.05, 0) is 55.8 Å². The van der Waals surface area contributed by atoms with E-state index in [0.717, 1.165) is 16.6 Å². The molecule has 6 nitrogen and oxygen atoms in total. The van der Waals surface area contributed by atoms with Crippen LogP contribution in [0.3, 0.4) is 0 Å². The van der Waals surface area contributed by atoms with E-state index in [9.17, 15) is 18.0 Å². The van der Waals surface area contributed by atoms with Gasteiger partial charge >= 0.3 is 6.18 Å². The van der Waals surface area contributed by atoms with Gasteiger partial charge in [-0.3, -0.25) is 9.78 Å². The molecule has 1 aliphatic carbocycles. The van der Waals surface area contributed by atoms with E-state index in [1.54, 1.807) is 36.4 Å². The maximum Gasteiger partial charge on any atom is 0.435 e. The van der Waals surface area contributed by atoms with Gasteiger partial charge in [-0.1, -0.05) is 18.2 Å². The lowest BCUT2D eigenvalue weighted by Crippen LogP contribution is -2.13. The van der Waals surface area contributed by atoms with Crippen molar-refractivity contribution in [3.8, 4) is 16.9 Å². The summed E-state index contributed by atoms with van der Waals surface area (Å²) in [5.41, 5.74) is 3.16. The third-order valence-corrected chi connectivity index (χ3v) is 6.32. The minimum Gasteiger partial charge on any atom is -0.469 e. The fourth-order valence-corrected chi connectivity index (χ4v) is 4.72. The molecular weight excluding hydrogens is 469 g/mol. The zero-order valence-electron chi connectivity index (χ0n) is 19.1. The van der Waals surface area contributed by atoms with Gasteiger partial charge in [0, 0.05) is 34.2 Å². The van der Waals surface area contributed by atoms with Crippen LogP contribution in [-0.2, 0) is 19.0 Å². The lowest BCUT2D eigenvalue weighted by molar-refractivity contribution is -0.142. The molecule has 0 atom stereocenters. The molecule has 6 rings (SSSR count). The number of para-hydroxylation sites is 1. The monoisotopic (exact) mass is 488 g/mol. The number of benzene rings is 2. The lowest BCUT2D eigenvalue weighted by Gasteiger charge is -2.15. The Morgan fingerprint density at radius 1 is 1.06 bits per heavy atom. The molecule has 0 saturated heterocycles. The minimum absolute atomic E-state index is 0.151. The molecule has 1 N–H and O–H groups in total. The van der Waals surface area contributed by atoms with Crippen LogP contribution in [0.4, 0.5) is 18.9 Å². The Bertz CT molecular complexity index is 1630. The van der Waals surface area contributed by atoms with Crippen LogP contribution in [0.2, 0.25) is 0 Å². The summed E-state index contributed by atoms with van der Waals surface area (Å²) in [7, 11) is 0. The second kappa shape index (κ2) is 8.08. The number of hydrogen-bond acceptors (Lipinski definition) is 4. The van der Waals surface area contributed by atoms with Crippen LogP contribution < -0.4 is 5.32 Å². The number of halogens is 3. The molecule has 9 heteroatoms. The molecule has 0 spiro atoms. The van der Waals surface area contributed by atoms with Gasteiger partial charge in [0.2, 0.25) is 0 Å². The van der Waals surface area contributed by atoms with Gasteiger partial charge in [0.15, 0.2) is 5.69 Å². The number of furan rings is 1. The van der Waals surface area contributed by atoms with Crippen molar-refractivity contribution in [2.75, 3.05) is 5.32 Å². The highest BCUT2D eigenvalue weighted by Crippen LogP contribution is 2.42. The summed E-state index contributed by atoms with van der Waals surface area (Å²) in [6, 6.07) is 17.3. The fourth-order valence-electron chi connectivity index (χ4n) is 4.72. The lowest BCUT2D eigenvalue weighted by atomic mass is 9.94. The highest BCUT2D eigenvalue weighted by molar-refractivity contribution is 6.08. The summed E-state index contributed by atoms with van der Waals surface area (Å²) in [6.45, 7) is 1.85. The number of aromatic nitrogens is 3. The number of rotatable bonds is 3. The first-order valence-corrected chi connectivity index (χ1v) is 11.3. The van der Waals surface area contributed by atoms with Crippen molar-refractivity contribution < 1.29 is 22.4 Å². The van der Waals surface area contributed by atoms with E-state index in [-0.39, 0.29) is 17.9 Å². The van der Waals surface area contributed by atoms with E-state index in [4.69, 9.17) is 4.42 Å². The molecule has 5 aromatic rings. The Morgan fingerprint density at radius 3 is 2.61 bits per heavy atom. The number of nitrogens with zero attached hydrogens (tertiary/aromatic N) is 3. The second-order valence-electron chi connectivity index (χ2n) is 8.67. The number of aryl methyl sites for hydroxylation is 2. The highest BCUT2D eigenvalue weighted by atomic mass is 19.4. The van der Waals surface area contributed by atoms with Crippen molar-refractivity contribution in [1.29, 1.82) is 0 Å². The summed E-state index contributed by atoms with van der Waals surface area (Å²) in [4.78, 5) is 17.5. The molecule has 1 amide bonds. The van der Waals surface area contributed by atoms with Crippen LogP contribution >= 0.6 is 0 Å². The first-order chi connectivity index (χ1) is 17.3. The first kappa shape index (κ1) is 22.1. The molecule has 180 valence electrons. The van der Waals surface area contributed by atoms with Gasteiger partial charge in [0.1, 0.15) is 5.76 Å². The third kappa shape index (κ3) is 3.64. The molecule has 1 aliphatic rings. The molecule has 3 heterocycles. The number of nitrogens with one attached hydrogen (secondary N) is 1. The zero-order chi connectivity index (χ0) is 25.0. The summed E-state index contributed by atoms with van der Waals surface area (Å²) in [5.74, 6) is 0.293. The zero-order valence-corrected chi connectivity index (χ0v) is 19.1. The summed E-state index contributed by atoms with van der Waals surface area (Å²) >= 11 is 0. The number of alkyl halides is 3. The smallest absolute Gasteiger partial charge is 0.435 e. The normalized spacial score (nSPS) is 12.9. The number of carbonyl (C=O) groups excluding carboxylic acids is 1. The van der Waals surface area contributed by atoms with Gasteiger partial charge in [-0.15, -0.1) is 0 Å². The highest BCUT2D eigenvalue weighted by Gasteiger charge is 2.41. The predicted molar refractivity (Wildman–Crippen MR) is 128 cm³/mol. The standard InChI is InChI=1S/C27H19F3N4O2/c1-15-14-22(18-4-2-3-5-21(18)31-15)32-26(35)16-6-8-17(9-7-16)34-24-19-12-13-36-23(19)11-10-20(24)25(33-34)27(28,29)30/h2-9,12-14H,10-11H2,1H3,(H,31,32,35). The summed E-state index contributed by atoms with van der Waals surface area (Å²) in [5, 5.41) is 7.67. The fraction of sp³-hybridized carbons (Fsp3) is 0.148. The second-order valence-corrected chi connectivity index (χ2v) is 8.67. The van der Waals surface area contributed by atoms with E-state index in [1.165, 1.54) is 10.9 Å². The van der Waals surface area contributed by atoms with Gasteiger partial charge < -0.3 is 9.73 Å². The van der Waals surface area contributed by atoms with Crippen molar-refractivity contribution in [2.24, 2.45) is 0 Å². The van der Waals surface area contributed by atoms with Crippen molar-refractivity contribution in [2.45, 2.75) is 25.9 Å². The maximum atomic E-state index is 13.8. The first-order valence-electron chi connectivity index (χ1n) is 11.3. The van der Waals surface area contributed by atoms with Crippen LogP contribution in [0.15, 0.2) is 71.3 Å². The Labute approximate surface area is 203 Å². The third-order valence-electron chi connectivity index (χ3n) is 6.32. The SMILES string of the molecule is Cc1cc(NC(=O)c2ccc(-n3nc(C(F)(F)F)c4c3-c3ccoc3CC4)cc2)c2ccccc2n1. The Hall–Kier alpha value is -4.40. The minimum atomic E-state index is -4.58. The molecule has 0 saturated carbocycles. The van der Waals surface area contributed by atoms with E-state index in [2.05, 4.69) is 15.4 Å². The van der Waals surface area contributed by atoms with Gasteiger partial charge in [0.25, 0.3) is 5.91 Å². The quantitative estimate of drug-likeness (QED) is 0.321. The molecule has 0 radical (unpaired) electrons. The number of amides is 1. The summed E-state index contributed by atoms with van der Waals surface area (Å²) < 4.78 is 48.0. The average Bonchev–Trinajstić information content (AvgIpc) is 3.48. The molecule has 3 aromatic heterocycles. The molecule has 0 unspecified atom stereocenters. The van der Waals surface area contributed by atoms with Gasteiger partial charge in [-0.25, -0.2) is 4.68 Å². The number of fused-ring (bicyclic) bond motifs is 4. The van der Waals surface area contributed by atoms with Crippen molar-refractivity contribution in [3.05, 3.63) is 95.2 Å². The van der Waals surface area contributed by atoms with Crippen molar-refractivity contribution in [3.63, 3.8) is 0 Å². The average molecular weight is 488 g/mol. The van der Waals surface area contributed by atoms with E-state index in [1.807, 2.05) is 31.2 Å². The maximum absolute atomic E-state index is 13.8. The largest absolute Gasteiger partial charge is 0.469 e.